The second-order valence-corrected chi connectivity index (χ2v) is 4.87. The summed E-state index contributed by atoms with van der Waals surface area (Å²) in [4.78, 5) is 8.29. The van der Waals surface area contributed by atoms with Crippen LogP contribution in [0, 0.1) is 0 Å². The Balaban J connectivity index is 2.01. The summed E-state index contributed by atoms with van der Waals surface area (Å²) in [5.41, 5.74) is 0.211. The number of aromatic nitrogens is 2. The minimum absolute atomic E-state index is 0.211. The van der Waals surface area contributed by atoms with Crippen molar-refractivity contribution in [1.29, 1.82) is 0 Å². The van der Waals surface area contributed by atoms with Crippen molar-refractivity contribution in [3.8, 4) is 0 Å². The molecule has 90 valence electrons. The van der Waals surface area contributed by atoms with Crippen molar-refractivity contribution in [2.24, 2.45) is 0 Å². The van der Waals surface area contributed by atoms with E-state index in [4.69, 9.17) is 0 Å². The van der Waals surface area contributed by atoms with Gasteiger partial charge in [0.2, 0.25) is 0 Å². The molecule has 1 aromatic rings. The largest absolute Gasteiger partial charge is 0.312 e. The van der Waals surface area contributed by atoms with Gasteiger partial charge >= 0.3 is 0 Å². The highest BCUT2D eigenvalue weighted by atomic mass is 15.0. The highest BCUT2D eigenvalue weighted by molar-refractivity contribution is 4.87. The first-order valence-corrected chi connectivity index (χ1v) is 5.79. The van der Waals surface area contributed by atoms with Crippen LogP contribution in [0.5, 0.6) is 0 Å². The fourth-order valence-electron chi connectivity index (χ4n) is 1.30. The Morgan fingerprint density at radius 2 is 1.81 bits per heavy atom. The van der Waals surface area contributed by atoms with E-state index in [-0.39, 0.29) is 5.54 Å². The molecular weight excluding hydrogens is 200 g/mol. The second kappa shape index (κ2) is 6.55. The van der Waals surface area contributed by atoms with Gasteiger partial charge in [-0.05, 0) is 46.3 Å². The molecule has 0 unspecified atom stereocenters. The van der Waals surface area contributed by atoms with Crippen molar-refractivity contribution in [3.05, 3.63) is 24.3 Å². The van der Waals surface area contributed by atoms with Gasteiger partial charge in [0.15, 0.2) is 0 Å². The Bertz CT molecular complexity index is 279. The first kappa shape index (κ1) is 13.1. The Labute approximate surface area is 97.9 Å². The third-order valence-corrected chi connectivity index (χ3v) is 2.09. The predicted molar refractivity (Wildman–Crippen MR) is 66.1 cm³/mol. The zero-order valence-electron chi connectivity index (χ0n) is 10.5. The lowest BCUT2D eigenvalue weighted by Crippen LogP contribution is -2.37. The normalized spacial score (nSPS) is 11.7. The van der Waals surface area contributed by atoms with Crippen LogP contribution in [-0.2, 0) is 6.54 Å². The van der Waals surface area contributed by atoms with E-state index < -0.39 is 0 Å². The van der Waals surface area contributed by atoms with Gasteiger partial charge in [0.25, 0.3) is 0 Å². The van der Waals surface area contributed by atoms with Gasteiger partial charge in [-0.3, -0.25) is 0 Å². The molecule has 4 heteroatoms. The van der Waals surface area contributed by atoms with Crippen LogP contribution in [0.15, 0.2) is 18.5 Å². The van der Waals surface area contributed by atoms with Gasteiger partial charge < -0.3 is 10.6 Å². The lowest BCUT2D eigenvalue weighted by molar-refractivity contribution is 0.418. The molecule has 0 amide bonds. The zero-order valence-corrected chi connectivity index (χ0v) is 10.5. The summed E-state index contributed by atoms with van der Waals surface area (Å²) in [5.74, 6) is 0.853. The second-order valence-electron chi connectivity index (χ2n) is 4.87. The quantitative estimate of drug-likeness (QED) is 0.713. The van der Waals surface area contributed by atoms with E-state index >= 15 is 0 Å². The van der Waals surface area contributed by atoms with Crippen molar-refractivity contribution < 1.29 is 0 Å². The van der Waals surface area contributed by atoms with E-state index in [9.17, 15) is 0 Å². The molecule has 1 rings (SSSR count). The Morgan fingerprint density at radius 3 is 2.44 bits per heavy atom. The van der Waals surface area contributed by atoms with E-state index in [0.29, 0.717) is 0 Å². The molecule has 0 bridgehead atoms. The summed E-state index contributed by atoms with van der Waals surface area (Å²) in [7, 11) is 0. The van der Waals surface area contributed by atoms with Crippen molar-refractivity contribution >= 4 is 0 Å². The van der Waals surface area contributed by atoms with Crippen molar-refractivity contribution in [2.45, 2.75) is 39.3 Å². The SMILES string of the molecule is CC(C)(C)NCCCNCc1ncccn1. The molecule has 0 spiro atoms. The maximum atomic E-state index is 4.15. The molecule has 2 N–H and O–H groups in total. The van der Waals surface area contributed by atoms with Crippen LogP contribution in [0.2, 0.25) is 0 Å². The van der Waals surface area contributed by atoms with E-state index in [1.165, 1.54) is 0 Å². The van der Waals surface area contributed by atoms with Gasteiger partial charge in [-0.1, -0.05) is 0 Å². The van der Waals surface area contributed by atoms with Gasteiger partial charge in [-0.2, -0.15) is 0 Å². The van der Waals surface area contributed by atoms with Crippen LogP contribution >= 0.6 is 0 Å². The number of nitrogens with zero attached hydrogens (tertiary/aromatic N) is 2. The van der Waals surface area contributed by atoms with Gasteiger partial charge in [-0.25, -0.2) is 9.97 Å². The van der Waals surface area contributed by atoms with Crippen LogP contribution in [0.3, 0.4) is 0 Å². The van der Waals surface area contributed by atoms with Gasteiger partial charge in [0, 0.05) is 17.9 Å². The Kier molecular flexibility index (Phi) is 5.35. The molecule has 0 atom stereocenters. The molecule has 0 aliphatic heterocycles. The first-order valence-electron chi connectivity index (χ1n) is 5.79. The average molecular weight is 222 g/mol. The third-order valence-electron chi connectivity index (χ3n) is 2.09. The summed E-state index contributed by atoms with van der Waals surface area (Å²) in [6.45, 7) is 9.30. The Hall–Kier alpha value is -1.00. The zero-order chi connectivity index (χ0) is 11.9. The smallest absolute Gasteiger partial charge is 0.141 e. The van der Waals surface area contributed by atoms with Gasteiger partial charge in [-0.15, -0.1) is 0 Å². The predicted octanol–water partition coefficient (Wildman–Crippen LogP) is 1.34. The van der Waals surface area contributed by atoms with Crippen molar-refractivity contribution in [1.82, 2.24) is 20.6 Å². The molecule has 16 heavy (non-hydrogen) atoms. The molecule has 1 heterocycles. The minimum Gasteiger partial charge on any atom is -0.312 e. The van der Waals surface area contributed by atoms with Crippen molar-refractivity contribution in [2.75, 3.05) is 13.1 Å². The standard InChI is InChI=1S/C12H22N4/c1-12(2,3)16-9-4-6-13-10-11-14-7-5-8-15-11/h5,7-8,13,16H,4,6,9-10H2,1-3H3. The average Bonchev–Trinajstić information content (AvgIpc) is 2.23. The lowest BCUT2D eigenvalue weighted by atomic mass is 10.1. The summed E-state index contributed by atoms with van der Waals surface area (Å²) < 4.78 is 0. The Morgan fingerprint density at radius 1 is 1.12 bits per heavy atom. The summed E-state index contributed by atoms with van der Waals surface area (Å²) in [5, 5.41) is 6.77. The molecule has 0 aliphatic carbocycles. The fourth-order valence-corrected chi connectivity index (χ4v) is 1.30. The molecule has 0 fully saturated rings. The molecular formula is C12H22N4. The molecule has 0 aliphatic rings. The summed E-state index contributed by atoms with van der Waals surface area (Å²) >= 11 is 0. The third kappa shape index (κ3) is 6.48. The lowest BCUT2D eigenvalue weighted by Gasteiger charge is -2.20. The van der Waals surface area contributed by atoms with E-state index in [1.54, 1.807) is 12.4 Å². The molecule has 4 nitrogen and oxygen atoms in total. The van der Waals surface area contributed by atoms with Gasteiger partial charge in [0.1, 0.15) is 5.82 Å². The van der Waals surface area contributed by atoms with E-state index in [0.717, 1.165) is 31.9 Å². The molecule has 0 radical (unpaired) electrons. The van der Waals surface area contributed by atoms with Crippen LogP contribution < -0.4 is 10.6 Å². The van der Waals surface area contributed by atoms with Crippen LogP contribution in [0.4, 0.5) is 0 Å². The number of hydrogen-bond acceptors (Lipinski definition) is 4. The van der Waals surface area contributed by atoms with Crippen LogP contribution in [-0.4, -0.2) is 28.6 Å². The number of nitrogens with one attached hydrogen (secondary N) is 2. The van der Waals surface area contributed by atoms with Gasteiger partial charge in [0.05, 0.1) is 6.54 Å². The fraction of sp³-hybridized carbons (Fsp3) is 0.667. The summed E-state index contributed by atoms with van der Waals surface area (Å²) in [6.07, 6.45) is 4.65. The molecule has 0 saturated carbocycles. The van der Waals surface area contributed by atoms with E-state index in [1.807, 2.05) is 6.07 Å². The highest BCUT2D eigenvalue weighted by Gasteiger charge is 2.06. The number of hydrogen-bond donors (Lipinski definition) is 2. The molecule has 0 saturated heterocycles. The van der Waals surface area contributed by atoms with E-state index in [2.05, 4.69) is 41.4 Å². The van der Waals surface area contributed by atoms with Crippen molar-refractivity contribution in [3.63, 3.8) is 0 Å². The summed E-state index contributed by atoms with van der Waals surface area (Å²) in [6, 6.07) is 1.83. The van der Waals surface area contributed by atoms with Crippen LogP contribution in [0.25, 0.3) is 0 Å². The first-order chi connectivity index (χ1) is 7.58. The minimum atomic E-state index is 0.211. The monoisotopic (exact) mass is 222 g/mol. The number of rotatable bonds is 6. The maximum Gasteiger partial charge on any atom is 0.141 e. The molecule has 0 aromatic carbocycles. The maximum absolute atomic E-state index is 4.15. The highest BCUT2D eigenvalue weighted by Crippen LogP contribution is 1.97. The molecule has 1 aromatic heterocycles. The topological polar surface area (TPSA) is 49.8 Å². The van der Waals surface area contributed by atoms with Crippen LogP contribution in [0.1, 0.15) is 33.0 Å².